The third-order valence-corrected chi connectivity index (χ3v) is 4.07. The molecule has 0 aliphatic rings. The van der Waals surface area contributed by atoms with Gasteiger partial charge in [-0.15, -0.1) is 0 Å². The Morgan fingerprint density at radius 1 is 1.32 bits per heavy atom. The lowest BCUT2D eigenvalue weighted by atomic mass is 10.1. The van der Waals surface area contributed by atoms with Gasteiger partial charge in [-0.3, -0.25) is 0 Å². The van der Waals surface area contributed by atoms with Gasteiger partial charge in [0, 0.05) is 30.3 Å². The number of alkyl halides is 2. The minimum atomic E-state index is -2.94. The molecule has 25 heavy (non-hydrogen) atoms. The normalized spacial score (nSPS) is 11.9. The third-order valence-electron chi connectivity index (χ3n) is 3.46. The summed E-state index contributed by atoms with van der Waals surface area (Å²) in [6.07, 6.45) is 1.73. The summed E-state index contributed by atoms with van der Waals surface area (Å²) in [4.78, 5) is 12.6. The molecule has 0 spiro atoms. The van der Waals surface area contributed by atoms with Gasteiger partial charge in [0.15, 0.2) is 6.61 Å². The summed E-state index contributed by atoms with van der Waals surface area (Å²) < 4.78 is 33.1. The summed E-state index contributed by atoms with van der Waals surface area (Å²) >= 11 is 3.25. The highest BCUT2D eigenvalue weighted by molar-refractivity contribution is 9.10. The molecular weight excluding hydrogens is 398 g/mol. The molecule has 0 aromatic carbocycles. The first-order valence-electron chi connectivity index (χ1n) is 7.35. The Hall–Kier alpha value is -2.36. The van der Waals surface area contributed by atoms with Crippen LogP contribution in [-0.4, -0.2) is 37.1 Å². The summed E-state index contributed by atoms with van der Waals surface area (Å²) in [5.74, 6) is -2.02. The van der Waals surface area contributed by atoms with E-state index in [0.717, 1.165) is 12.5 Å². The van der Waals surface area contributed by atoms with Crippen LogP contribution in [0.25, 0.3) is 5.78 Å². The standard InChI is InChI=1S/C15H15BrF2N6O/c1-8-10(12(19)24-14(22-8)20-7-21-24)5-9-3-4-11(16)13(23-9)25-6-15(2,17)18/h3-4,7H,5-6,19H2,1-2H3. The van der Waals surface area contributed by atoms with E-state index in [1.165, 1.54) is 10.8 Å². The Morgan fingerprint density at radius 3 is 2.80 bits per heavy atom. The van der Waals surface area contributed by atoms with Crippen molar-refractivity contribution < 1.29 is 13.5 Å². The number of ether oxygens (including phenoxy) is 1. The molecule has 0 radical (unpaired) electrons. The number of aromatic nitrogens is 5. The predicted octanol–water partition coefficient (Wildman–Crippen LogP) is 2.80. The molecule has 132 valence electrons. The highest BCUT2D eigenvalue weighted by Crippen LogP contribution is 2.26. The highest BCUT2D eigenvalue weighted by atomic mass is 79.9. The number of nitrogens with zero attached hydrogens (tertiary/aromatic N) is 5. The first-order chi connectivity index (χ1) is 11.7. The van der Waals surface area contributed by atoms with Gasteiger partial charge in [0.05, 0.1) is 4.47 Å². The van der Waals surface area contributed by atoms with Crippen LogP contribution in [0.3, 0.4) is 0 Å². The second-order valence-corrected chi connectivity index (χ2v) is 6.51. The van der Waals surface area contributed by atoms with Crippen LogP contribution in [0.4, 0.5) is 14.6 Å². The van der Waals surface area contributed by atoms with Crippen molar-refractivity contribution in [2.24, 2.45) is 0 Å². The Bertz CT molecular complexity index is 924. The number of pyridine rings is 1. The van der Waals surface area contributed by atoms with Gasteiger partial charge in [0.1, 0.15) is 12.1 Å². The predicted molar refractivity (Wildman–Crippen MR) is 90.8 cm³/mol. The van der Waals surface area contributed by atoms with Crippen molar-refractivity contribution in [2.45, 2.75) is 26.2 Å². The molecule has 0 unspecified atom stereocenters. The van der Waals surface area contributed by atoms with E-state index in [-0.39, 0.29) is 5.88 Å². The maximum atomic E-state index is 13.0. The van der Waals surface area contributed by atoms with Gasteiger partial charge in [0.2, 0.25) is 5.88 Å². The highest BCUT2D eigenvalue weighted by Gasteiger charge is 2.23. The lowest BCUT2D eigenvalue weighted by Crippen LogP contribution is -2.21. The Kier molecular flexibility index (Phi) is 4.55. The largest absolute Gasteiger partial charge is 0.470 e. The molecule has 0 aliphatic carbocycles. The molecule has 0 saturated carbocycles. The molecule has 10 heteroatoms. The lowest BCUT2D eigenvalue weighted by Gasteiger charge is -2.14. The molecule has 3 aromatic heterocycles. The smallest absolute Gasteiger partial charge is 0.278 e. The molecule has 0 saturated heterocycles. The first kappa shape index (κ1) is 17.5. The second-order valence-electron chi connectivity index (χ2n) is 5.66. The SMILES string of the molecule is Cc1nc2ncnn2c(N)c1Cc1ccc(Br)c(OCC(C)(F)F)n1. The average molecular weight is 413 g/mol. The fraction of sp³-hybridized carbons (Fsp3) is 0.333. The van der Waals surface area contributed by atoms with Crippen LogP contribution in [0.1, 0.15) is 23.9 Å². The zero-order chi connectivity index (χ0) is 18.2. The van der Waals surface area contributed by atoms with Gasteiger partial charge in [-0.1, -0.05) is 0 Å². The molecule has 2 N–H and O–H groups in total. The maximum absolute atomic E-state index is 13.0. The number of hydrogen-bond donors (Lipinski definition) is 1. The van der Waals surface area contributed by atoms with E-state index in [1.54, 1.807) is 12.1 Å². The van der Waals surface area contributed by atoms with E-state index in [9.17, 15) is 8.78 Å². The summed E-state index contributed by atoms with van der Waals surface area (Å²) in [7, 11) is 0. The topological polar surface area (TPSA) is 91.2 Å². The van der Waals surface area contributed by atoms with E-state index < -0.39 is 12.5 Å². The number of aryl methyl sites for hydroxylation is 1. The Morgan fingerprint density at radius 2 is 2.08 bits per heavy atom. The summed E-state index contributed by atoms with van der Waals surface area (Å²) in [6, 6.07) is 3.45. The van der Waals surface area contributed by atoms with Crippen molar-refractivity contribution >= 4 is 27.5 Å². The maximum Gasteiger partial charge on any atom is 0.278 e. The lowest BCUT2D eigenvalue weighted by molar-refractivity contribution is -0.0245. The number of nitrogen functional groups attached to an aromatic ring is 1. The number of hydrogen-bond acceptors (Lipinski definition) is 6. The summed E-state index contributed by atoms with van der Waals surface area (Å²) in [5.41, 5.74) is 8.19. The molecular formula is C15H15BrF2N6O. The first-order valence-corrected chi connectivity index (χ1v) is 8.14. The monoisotopic (exact) mass is 412 g/mol. The van der Waals surface area contributed by atoms with E-state index in [0.29, 0.717) is 33.9 Å². The number of halogens is 3. The second kappa shape index (κ2) is 6.51. The number of nitrogens with two attached hydrogens (primary N) is 1. The molecule has 0 fully saturated rings. The van der Waals surface area contributed by atoms with Crippen LogP contribution in [0.5, 0.6) is 5.88 Å². The van der Waals surface area contributed by atoms with Gasteiger partial charge < -0.3 is 10.5 Å². The van der Waals surface area contributed by atoms with Crippen LogP contribution in [0.15, 0.2) is 22.9 Å². The van der Waals surface area contributed by atoms with Crippen molar-refractivity contribution in [2.75, 3.05) is 12.3 Å². The Balaban J connectivity index is 1.91. The van der Waals surface area contributed by atoms with Gasteiger partial charge in [-0.2, -0.15) is 14.6 Å². The zero-order valence-corrected chi connectivity index (χ0v) is 15.1. The van der Waals surface area contributed by atoms with Crippen molar-refractivity contribution in [1.82, 2.24) is 24.6 Å². The fourth-order valence-corrected chi connectivity index (χ4v) is 2.60. The van der Waals surface area contributed by atoms with Gasteiger partial charge in [0.25, 0.3) is 11.7 Å². The number of fused-ring (bicyclic) bond motifs is 1. The summed E-state index contributed by atoms with van der Waals surface area (Å²) in [5, 5.41) is 4.03. The molecule has 3 heterocycles. The van der Waals surface area contributed by atoms with Gasteiger partial charge in [-0.05, 0) is 35.0 Å². The van der Waals surface area contributed by atoms with Crippen LogP contribution in [-0.2, 0) is 6.42 Å². The van der Waals surface area contributed by atoms with E-state index >= 15 is 0 Å². The van der Waals surface area contributed by atoms with E-state index in [2.05, 4.69) is 36.0 Å². The Labute approximate surface area is 150 Å². The van der Waals surface area contributed by atoms with Crippen molar-refractivity contribution in [3.8, 4) is 5.88 Å². The van der Waals surface area contributed by atoms with Crippen molar-refractivity contribution in [3.05, 3.63) is 39.9 Å². The van der Waals surface area contributed by atoms with E-state index in [4.69, 9.17) is 10.5 Å². The quantitative estimate of drug-likeness (QED) is 0.692. The molecule has 3 rings (SSSR count). The zero-order valence-electron chi connectivity index (χ0n) is 13.5. The molecule has 0 bridgehead atoms. The molecule has 0 aliphatic heterocycles. The van der Waals surface area contributed by atoms with Crippen LogP contribution in [0.2, 0.25) is 0 Å². The van der Waals surface area contributed by atoms with Crippen molar-refractivity contribution in [3.63, 3.8) is 0 Å². The third kappa shape index (κ3) is 3.84. The van der Waals surface area contributed by atoms with Crippen LogP contribution < -0.4 is 10.5 Å². The van der Waals surface area contributed by atoms with Crippen LogP contribution in [0, 0.1) is 6.92 Å². The average Bonchev–Trinajstić information content (AvgIpc) is 2.99. The van der Waals surface area contributed by atoms with Crippen molar-refractivity contribution in [1.29, 1.82) is 0 Å². The van der Waals surface area contributed by atoms with Gasteiger partial charge in [-0.25, -0.2) is 18.7 Å². The van der Waals surface area contributed by atoms with Crippen LogP contribution >= 0.6 is 15.9 Å². The molecule has 3 aromatic rings. The number of anilines is 1. The number of rotatable bonds is 5. The molecule has 7 nitrogen and oxygen atoms in total. The van der Waals surface area contributed by atoms with E-state index in [1.807, 2.05) is 6.92 Å². The molecule has 0 atom stereocenters. The fourth-order valence-electron chi connectivity index (χ4n) is 2.27. The minimum Gasteiger partial charge on any atom is -0.470 e. The van der Waals surface area contributed by atoms with Gasteiger partial charge >= 0.3 is 0 Å². The summed E-state index contributed by atoms with van der Waals surface area (Å²) in [6.45, 7) is 1.85. The molecule has 0 amide bonds. The minimum absolute atomic E-state index is 0.102.